The van der Waals surface area contributed by atoms with Crippen molar-refractivity contribution in [3.63, 3.8) is 0 Å². The minimum atomic E-state index is -0.558. The lowest BCUT2D eigenvalue weighted by molar-refractivity contribution is -0.145. The molecule has 0 bridgehead atoms. The zero-order valence-electron chi connectivity index (χ0n) is 11.9. The summed E-state index contributed by atoms with van der Waals surface area (Å²) in [6.45, 7) is 6.47. The van der Waals surface area contributed by atoms with Gasteiger partial charge in [0.2, 0.25) is 5.91 Å². The zero-order valence-corrected chi connectivity index (χ0v) is 11.9. The van der Waals surface area contributed by atoms with Gasteiger partial charge in [-0.25, -0.2) is 4.79 Å². The highest BCUT2D eigenvalue weighted by molar-refractivity contribution is 5.84. The molecule has 0 radical (unpaired) electrons. The summed E-state index contributed by atoms with van der Waals surface area (Å²) < 4.78 is 4.69. The quantitative estimate of drug-likeness (QED) is 0.638. The Kier molecular flexibility index (Phi) is 8.37. The van der Waals surface area contributed by atoms with Crippen LogP contribution in [0.15, 0.2) is 0 Å². The number of methoxy groups -OCH3 is 1. The van der Waals surface area contributed by atoms with E-state index in [0.29, 0.717) is 25.3 Å². The van der Waals surface area contributed by atoms with Gasteiger partial charge in [-0.3, -0.25) is 4.79 Å². The number of hydrogen-bond acceptors (Lipinski definition) is 4. The molecule has 0 rings (SSSR count). The van der Waals surface area contributed by atoms with E-state index in [1.54, 1.807) is 0 Å². The predicted molar refractivity (Wildman–Crippen MR) is 70.9 cm³/mol. The molecule has 106 valence electrons. The highest BCUT2D eigenvalue weighted by Gasteiger charge is 2.23. The van der Waals surface area contributed by atoms with Crippen LogP contribution < -0.4 is 11.1 Å². The van der Waals surface area contributed by atoms with Crippen LogP contribution in [-0.2, 0) is 14.3 Å². The van der Waals surface area contributed by atoms with Gasteiger partial charge in [0.25, 0.3) is 0 Å². The molecule has 0 aliphatic rings. The van der Waals surface area contributed by atoms with Gasteiger partial charge in [-0.05, 0) is 24.8 Å². The summed E-state index contributed by atoms with van der Waals surface area (Å²) in [4.78, 5) is 23.4. The normalized spacial score (nSPS) is 14.1. The number of esters is 1. The van der Waals surface area contributed by atoms with E-state index in [-0.39, 0.29) is 11.8 Å². The first kappa shape index (κ1) is 16.9. The number of hydrogen-bond donors (Lipinski definition) is 2. The Morgan fingerprint density at radius 3 is 2.33 bits per heavy atom. The molecule has 18 heavy (non-hydrogen) atoms. The van der Waals surface area contributed by atoms with Gasteiger partial charge < -0.3 is 15.8 Å². The number of carbonyl (C=O) groups is 2. The summed E-state index contributed by atoms with van der Waals surface area (Å²) >= 11 is 0. The van der Waals surface area contributed by atoms with Crippen molar-refractivity contribution in [2.75, 3.05) is 13.7 Å². The molecular formula is C13H26N2O3. The summed E-state index contributed by atoms with van der Waals surface area (Å²) in [5, 5.41) is 2.73. The fourth-order valence-electron chi connectivity index (χ4n) is 1.74. The molecule has 0 aromatic carbocycles. The maximum absolute atomic E-state index is 11.8. The number of carbonyl (C=O) groups excluding carboxylic acids is 2. The van der Waals surface area contributed by atoms with Crippen molar-refractivity contribution in [1.29, 1.82) is 0 Å². The van der Waals surface area contributed by atoms with Crippen LogP contribution >= 0.6 is 0 Å². The van der Waals surface area contributed by atoms with Crippen LogP contribution in [0.3, 0.4) is 0 Å². The minimum Gasteiger partial charge on any atom is -0.467 e. The lowest BCUT2D eigenvalue weighted by atomic mass is 10.0. The van der Waals surface area contributed by atoms with Crippen molar-refractivity contribution >= 4 is 11.9 Å². The monoisotopic (exact) mass is 258 g/mol. The van der Waals surface area contributed by atoms with E-state index in [1.807, 2.05) is 20.8 Å². The first-order valence-electron chi connectivity index (χ1n) is 6.51. The second-order valence-corrected chi connectivity index (χ2v) is 4.99. The maximum Gasteiger partial charge on any atom is 0.328 e. The van der Waals surface area contributed by atoms with Crippen molar-refractivity contribution < 1.29 is 14.3 Å². The summed E-state index contributed by atoms with van der Waals surface area (Å²) in [7, 11) is 1.33. The second kappa shape index (κ2) is 8.91. The van der Waals surface area contributed by atoms with Crippen LogP contribution in [0.2, 0.25) is 0 Å². The Bertz CT molecular complexity index is 263. The summed E-state index contributed by atoms with van der Waals surface area (Å²) in [5.74, 6) is -0.0468. The average Bonchev–Trinajstić information content (AvgIpc) is 2.33. The largest absolute Gasteiger partial charge is 0.467 e. The van der Waals surface area contributed by atoms with Gasteiger partial charge in [0.05, 0.1) is 7.11 Å². The van der Waals surface area contributed by atoms with E-state index in [9.17, 15) is 9.59 Å². The molecule has 5 nitrogen and oxygen atoms in total. The van der Waals surface area contributed by atoms with Crippen LogP contribution in [0.25, 0.3) is 0 Å². The van der Waals surface area contributed by atoms with Gasteiger partial charge >= 0.3 is 5.97 Å². The van der Waals surface area contributed by atoms with Crippen LogP contribution in [0.4, 0.5) is 0 Å². The van der Waals surface area contributed by atoms with E-state index in [2.05, 4.69) is 5.32 Å². The van der Waals surface area contributed by atoms with E-state index < -0.39 is 12.0 Å². The molecule has 5 heteroatoms. The molecule has 0 heterocycles. The summed E-state index contributed by atoms with van der Waals surface area (Å²) in [6, 6.07) is -0.558. The van der Waals surface area contributed by atoms with Crippen molar-refractivity contribution in [1.82, 2.24) is 5.32 Å². The van der Waals surface area contributed by atoms with Crippen LogP contribution in [0.5, 0.6) is 0 Å². The van der Waals surface area contributed by atoms with E-state index in [4.69, 9.17) is 10.5 Å². The predicted octanol–water partition coefficient (Wildman–Crippen LogP) is 1.07. The third-order valence-electron chi connectivity index (χ3n) is 2.91. The van der Waals surface area contributed by atoms with Gasteiger partial charge in [-0.15, -0.1) is 0 Å². The molecule has 3 N–H and O–H groups in total. The SMILES string of the molecule is CCC(CN)CC(=O)N[C@@H](CC(C)C)C(=O)OC. The third-order valence-corrected chi connectivity index (χ3v) is 2.91. The lowest BCUT2D eigenvalue weighted by Gasteiger charge is -2.19. The van der Waals surface area contributed by atoms with Gasteiger partial charge in [-0.1, -0.05) is 27.2 Å². The second-order valence-electron chi connectivity index (χ2n) is 4.99. The molecule has 0 saturated carbocycles. The fraction of sp³-hybridized carbons (Fsp3) is 0.846. The van der Waals surface area contributed by atoms with Crippen molar-refractivity contribution in [3.8, 4) is 0 Å². The molecule has 0 aliphatic carbocycles. The Morgan fingerprint density at radius 1 is 1.33 bits per heavy atom. The van der Waals surface area contributed by atoms with E-state index in [1.165, 1.54) is 7.11 Å². The van der Waals surface area contributed by atoms with Gasteiger partial charge in [-0.2, -0.15) is 0 Å². The molecule has 0 aromatic rings. The highest BCUT2D eigenvalue weighted by atomic mass is 16.5. The van der Waals surface area contributed by atoms with Crippen molar-refractivity contribution in [3.05, 3.63) is 0 Å². The third kappa shape index (κ3) is 6.59. The Balaban J connectivity index is 4.38. The highest BCUT2D eigenvalue weighted by Crippen LogP contribution is 2.09. The summed E-state index contributed by atoms with van der Waals surface area (Å²) in [5.41, 5.74) is 5.56. The van der Waals surface area contributed by atoms with Crippen LogP contribution in [0, 0.1) is 11.8 Å². The van der Waals surface area contributed by atoms with Gasteiger partial charge in [0, 0.05) is 6.42 Å². The molecule has 1 amide bonds. The van der Waals surface area contributed by atoms with E-state index in [0.717, 1.165) is 6.42 Å². The zero-order chi connectivity index (χ0) is 14.1. The molecule has 2 atom stereocenters. The number of rotatable bonds is 8. The Hall–Kier alpha value is -1.10. The number of amides is 1. The molecule has 0 fully saturated rings. The standard InChI is InChI=1S/C13H26N2O3/c1-5-10(8-14)7-12(16)15-11(6-9(2)3)13(17)18-4/h9-11H,5-8,14H2,1-4H3,(H,15,16)/t10?,11-/m0/s1. The Labute approximate surface area is 109 Å². The first-order valence-corrected chi connectivity index (χ1v) is 6.51. The molecule has 0 aromatic heterocycles. The first-order chi connectivity index (χ1) is 8.44. The van der Waals surface area contributed by atoms with Crippen molar-refractivity contribution in [2.24, 2.45) is 17.6 Å². The number of ether oxygens (including phenoxy) is 1. The minimum absolute atomic E-state index is 0.136. The average molecular weight is 258 g/mol. The smallest absolute Gasteiger partial charge is 0.328 e. The van der Waals surface area contributed by atoms with E-state index >= 15 is 0 Å². The van der Waals surface area contributed by atoms with Gasteiger partial charge in [0.15, 0.2) is 0 Å². The maximum atomic E-state index is 11.8. The van der Waals surface area contributed by atoms with Crippen molar-refractivity contribution in [2.45, 2.75) is 46.1 Å². The van der Waals surface area contributed by atoms with Crippen LogP contribution in [-0.4, -0.2) is 31.6 Å². The van der Waals surface area contributed by atoms with Gasteiger partial charge in [0.1, 0.15) is 6.04 Å². The molecule has 1 unspecified atom stereocenters. The lowest BCUT2D eigenvalue weighted by Crippen LogP contribution is -2.43. The molecular weight excluding hydrogens is 232 g/mol. The summed E-state index contributed by atoms with van der Waals surface area (Å²) in [6.07, 6.45) is 1.80. The topological polar surface area (TPSA) is 81.4 Å². The fourth-order valence-corrected chi connectivity index (χ4v) is 1.74. The molecule has 0 saturated heterocycles. The molecule has 0 aliphatic heterocycles. The molecule has 0 spiro atoms. The number of nitrogens with one attached hydrogen (secondary N) is 1. The van der Waals surface area contributed by atoms with Crippen LogP contribution in [0.1, 0.15) is 40.0 Å². The Morgan fingerprint density at radius 2 is 1.94 bits per heavy atom. The number of nitrogens with two attached hydrogens (primary N) is 1.